The van der Waals surface area contributed by atoms with Crippen LogP contribution in [0.5, 0.6) is 0 Å². The molecule has 1 amide bonds. The first-order valence-electron chi connectivity index (χ1n) is 6.07. The molecule has 1 aromatic rings. The van der Waals surface area contributed by atoms with Crippen molar-refractivity contribution in [3.8, 4) is 0 Å². The first kappa shape index (κ1) is 11.7. The van der Waals surface area contributed by atoms with Crippen molar-refractivity contribution >= 4 is 17.3 Å². The molecular weight excluding hydrogens is 212 g/mol. The summed E-state index contributed by atoms with van der Waals surface area (Å²) in [5.74, 6) is 0.0451. The second kappa shape index (κ2) is 5.53. The summed E-state index contributed by atoms with van der Waals surface area (Å²) in [4.78, 5) is 11.8. The number of rotatable bonds is 3. The van der Waals surface area contributed by atoms with E-state index in [1.165, 1.54) is 18.4 Å². The number of hydrogen-bond acceptors (Lipinski definition) is 2. The van der Waals surface area contributed by atoms with Crippen LogP contribution in [0.2, 0.25) is 0 Å². The van der Waals surface area contributed by atoms with Crippen molar-refractivity contribution in [2.24, 2.45) is 0 Å². The Hall–Kier alpha value is -1.77. The Morgan fingerprint density at radius 2 is 2.24 bits per heavy atom. The zero-order valence-corrected chi connectivity index (χ0v) is 9.91. The predicted octanol–water partition coefficient (Wildman–Crippen LogP) is 3.10. The molecule has 0 heterocycles. The van der Waals surface area contributed by atoms with Crippen molar-refractivity contribution in [2.75, 3.05) is 11.1 Å². The zero-order valence-electron chi connectivity index (χ0n) is 9.91. The van der Waals surface area contributed by atoms with Gasteiger partial charge >= 0.3 is 0 Å². The van der Waals surface area contributed by atoms with Gasteiger partial charge < -0.3 is 11.1 Å². The minimum atomic E-state index is 0.0451. The molecule has 0 saturated carbocycles. The monoisotopic (exact) mass is 230 g/mol. The topological polar surface area (TPSA) is 55.1 Å². The largest absolute Gasteiger partial charge is 0.399 e. The van der Waals surface area contributed by atoms with Crippen molar-refractivity contribution in [2.45, 2.75) is 32.1 Å². The van der Waals surface area contributed by atoms with Crippen molar-refractivity contribution in [3.05, 3.63) is 35.9 Å². The van der Waals surface area contributed by atoms with Gasteiger partial charge in [-0.2, -0.15) is 0 Å². The van der Waals surface area contributed by atoms with E-state index in [0.717, 1.165) is 18.5 Å². The van der Waals surface area contributed by atoms with Gasteiger partial charge in [0, 0.05) is 17.8 Å². The van der Waals surface area contributed by atoms with Crippen LogP contribution in [0.4, 0.5) is 11.4 Å². The fourth-order valence-corrected chi connectivity index (χ4v) is 2.09. The lowest BCUT2D eigenvalue weighted by molar-refractivity contribution is -0.115. The van der Waals surface area contributed by atoms with E-state index in [9.17, 15) is 4.79 Å². The summed E-state index contributed by atoms with van der Waals surface area (Å²) in [5.41, 5.74) is 8.35. The standard InChI is InChI=1S/C14H18N2O/c15-12-7-4-8-13(10-12)16-14(17)9-11-5-2-1-3-6-11/h4-5,7-8,10H,1-3,6,9,15H2,(H,16,17). The Balaban J connectivity index is 1.91. The average Bonchev–Trinajstić information content (AvgIpc) is 2.30. The van der Waals surface area contributed by atoms with Crippen molar-refractivity contribution in [1.82, 2.24) is 0 Å². The molecule has 0 aliphatic heterocycles. The van der Waals surface area contributed by atoms with E-state index >= 15 is 0 Å². The predicted molar refractivity (Wildman–Crippen MR) is 70.7 cm³/mol. The molecule has 1 aromatic carbocycles. The second-order valence-corrected chi connectivity index (χ2v) is 4.46. The SMILES string of the molecule is Nc1cccc(NC(=O)CC2=CCCCC2)c1. The highest BCUT2D eigenvalue weighted by Gasteiger charge is 2.09. The van der Waals surface area contributed by atoms with Gasteiger partial charge in [0.25, 0.3) is 0 Å². The fraction of sp³-hybridized carbons (Fsp3) is 0.357. The van der Waals surface area contributed by atoms with Crippen LogP contribution in [0.1, 0.15) is 32.1 Å². The normalized spacial score (nSPS) is 15.2. The molecule has 3 heteroatoms. The number of hydrogen-bond donors (Lipinski definition) is 2. The summed E-state index contributed by atoms with van der Waals surface area (Å²) in [5, 5.41) is 2.87. The van der Waals surface area contributed by atoms with Crippen LogP contribution in [-0.2, 0) is 4.79 Å². The van der Waals surface area contributed by atoms with Gasteiger partial charge in [-0.05, 0) is 43.9 Å². The summed E-state index contributed by atoms with van der Waals surface area (Å²) < 4.78 is 0. The summed E-state index contributed by atoms with van der Waals surface area (Å²) in [6.45, 7) is 0. The highest BCUT2D eigenvalue weighted by Crippen LogP contribution is 2.21. The molecule has 0 unspecified atom stereocenters. The lowest BCUT2D eigenvalue weighted by Crippen LogP contribution is -2.13. The molecule has 0 fully saturated rings. The Labute approximate surface area is 102 Å². The van der Waals surface area contributed by atoms with Gasteiger partial charge in [0.1, 0.15) is 0 Å². The lowest BCUT2D eigenvalue weighted by Gasteiger charge is -2.12. The average molecular weight is 230 g/mol. The van der Waals surface area contributed by atoms with Crippen molar-refractivity contribution in [1.29, 1.82) is 0 Å². The fourth-order valence-electron chi connectivity index (χ4n) is 2.09. The van der Waals surface area contributed by atoms with Crippen molar-refractivity contribution in [3.63, 3.8) is 0 Å². The number of nitrogens with one attached hydrogen (secondary N) is 1. The minimum absolute atomic E-state index is 0.0451. The van der Waals surface area contributed by atoms with E-state index in [0.29, 0.717) is 12.1 Å². The highest BCUT2D eigenvalue weighted by atomic mass is 16.1. The molecule has 1 aliphatic rings. The third-order valence-corrected chi connectivity index (χ3v) is 2.94. The van der Waals surface area contributed by atoms with E-state index in [4.69, 9.17) is 5.73 Å². The molecule has 3 nitrogen and oxygen atoms in total. The van der Waals surface area contributed by atoms with E-state index < -0.39 is 0 Å². The molecule has 17 heavy (non-hydrogen) atoms. The minimum Gasteiger partial charge on any atom is -0.399 e. The molecule has 2 rings (SSSR count). The number of carbonyl (C=O) groups is 1. The Bertz CT molecular complexity index is 438. The van der Waals surface area contributed by atoms with Crippen LogP contribution >= 0.6 is 0 Å². The van der Waals surface area contributed by atoms with Gasteiger partial charge in [-0.25, -0.2) is 0 Å². The summed E-state index contributed by atoms with van der Waals surface area (Å²) in [7, 11) is 0. The number of amides is 1. The smallest absolute Gasteiger partial charge is 0.228 e. The number of allylic oxidation sites excluding steroid dienone is 1. The van der Waals surface area contributed by atoms with E-state index in [1.807, 2.05) is 12.1 Å². The van der Waals surface area contributed by atoms with Crippen LogP contribution in [0.25, 0.3) is 0 Å². The second-order valence-electron chi connectivity index (χ2n) is 4.46. The molecule has 3 N–H and O–H groups in total. The molecule has 90 valence electrons. The molecule has 0 aromatic heterocycles. The quantitative estimate of drug-likeness (QED) is 0.619. The summed E-state index contributed by atoms with van der Waals surface area (Å²) in [6.07, 6.45) is 7.33. The maximum atomic E-state index is 11.8. The first-order chi connectivity index (χ1) is 8.24. The van der Waals surface area contributed by atoms with Crippen LogP contribution in [0.15, 0.2) is 35.9 Å². The Morgan fingerprint density at radius 3 is 2.94 bits per heavy atom. The van der Waals surface area contributed by atoms with Gasteiger partial charge in [-0.3, -0.25) is 4.79 Å². The van der Waals surface area contributed by atoms with Gasteiger partial charge in [0.2, 0.25) is 5.91 Å². The number of nitrogens with two attached hydrogens (primary N) is 1. The Kier molecular flexibility index (Phi) is 3.81. The van der Waals surface area contributed by atoms with E-state index in [-0.39, 0.29) is 5.91 Å². The van der Waals surface area contributed by atoms with Crippen LogP contribution in [0, 0.1) is 0 Å². The maximum absolute atomic E-state index is 11.8. The molecular formula is C14H18N2O. The zero-order chi connectivity index (χ0) is 12.1. The van der Waals surface area contributed by atoms with Crippen LogP contribution in [-0.4, -0.2) is 5.91 Å². The number of carbonyl (C=O) groups excluding carboxylic acids is 1. The number of anilines is 2. The summed E-state index contributed by atoms with van der Waals surface area (Å²) >= 11 is 0. The van der Waals surface area contributed by atoms with Crippen molar-refractivity contribution < 1.29 is 4.79 Å². The highest BCUT2D eigenvalue weighted by molar-refractivity contribution is 5.92. The molecule has 0 saturated heterocycles. The number of nitrogen functional groups attached to an aromatic ring is 1. The Morgan fingerprint density at radius 1 is 1.35 bits per heavy atom. The molecule has 0 spiro atoms. The lowest BCUT2D eigenvalue weighted by atomic mass is 9.97. The van der Waals surface area contributed by atoms with Gasteiger partial charge in [-0.1, -0.05) is 17.7 Å². The molecule has 0 radical (unpaired) electrons. The maximum Gasteiger partial charge on any atom is 0.228 e. The van der Waals surface area contributed by atoms with E-state index in [1.54, 1.807) is 12.1 Å². The molecule has 1 aliphatic carbocycles. The molecule has 0 atom stereocenters. The van der Waals surface area contributed by atoms with Gasteiger partial charge in [0.15, 0.2) is 0 Å². The summed E-state index contributed by atoms with van der Waals surface area (Å²) in [6, 6.07) is 7.26. The van der Waals surface area contributed by atoms with Crippen LogP contribution in [0.3, 0.4) is 0 Å². The van der Waals surface area contributed by atoms with Gasteiger partial charge in [0.05, 0.1) is 0 Å². The third-order valence-electron chi connectivity index (χ3n) is 2.94. The first-order valence-corrected chi connectivity index (χ1v) is 6.07. The van der Waals surface area contributed by atoms with Crippen LogP contribution < -0.4 is 11.1 Å². The number of benzene rings is 1. The third kappa shape index (κ3) is 3.63. The van der Waals surface area contributed by atoms with E-state index in [2.05, 4.69) is 11.4 Å². The molecule has 0 bridgehead atoms. The van der Waals surface area contributed by atoms with Gasteiger partial charge in [-0.15, -0.1) is 0 Å².